The second kappa shape index (κ2) is 4.38. The van der Waals surface area contributed by atoms with Crippen LogP contribution in [0.25, 0.3) is 0 Å². The Morgan fingerprint density at radius 3 is 2.68 bits per heavy atom. The van der Waals surface area contributed by atoms with E-state index in [1.165, 1.54) is 5.56 Å². The first-order valence-corrected chi connectivity index (χ1v) is 6.58. The number of hydrogen-bond acceptors (Lipinski definition) is 2. The van der Waals surface area contributed by atoms with Crippen molar-refractivity contribution in [2.24, 2.45) is 5.41 Å². The molecular weight excluding hydrogens is 236 g/mol. The van der Waals surface area contributed by atoms with Crippen LogP contribution in [0.4, 0.5) is 5.69 Å². The van der Waals surface area contributed by atoms with Crippen LogP contribution in [-0.4, -0.2) is 12.5 Å². The smallest absolute Gasteiger partial charge is 0.223 e. The Morgan fingerprint density at radius 2 is 2.11 bits per heavy atom. The summed E-state index contributed by atoms with van der Waals surface area (Å²) in [6.07, 6.45) is 0.747. The van der Waals surface area contributed by atoms with Crippen LogP contribution in [0.3, 0.4) is 0 Å². The Hall–Kier alpha value is -1.82. The first-order chi connectivity index (χ1) is 8.79. The predicted octanol–water partition coefficient (Wildman–Crippen LogP) is 3.25. The molecule has 0 saturated heterocycles. The van der Waals surface area contributed by atoms with Crippen molar-refractivity contribution >= 4 is 11.6 Å². The van der Waals surface area contributed by atoms with Gasteiger partial charge in [0.15, 0.2) is 0 Å². The molecule has 2 rings (SSSR count). The molecule has 0 aliphatic carbocycles. The lowest BCUT2D eigenvalue weighted by Crippen LogP contribution is -2.36. The molecule has 0 bridgehead atoms. The van der Waals surface area contributed by atoms with E-state index < -0.39 is 5.41 Å². The lowest BCUT2D eigenvalue weighted by molar-refractivity contribution is -0.116. The highest BCUT2D eigenvalue weighted by molar-refractivity contribution is 5.94. The number of anilines is 1. The zero-order valence-electron chi connectivity index (χ0n) is 12.0. The van der Waals surface area contributed by atoms with Gasteiger partial charge in [-0.1, -0.05) is 25.1 Å². The summed E-state index contributed by atoms with van der Waals surface area (Å²) in [5.74, 6) is 0.0611. The molecule has 1 aromatic rings. The Labute approximate surface area is 114 Å². The molecule has 1 aliphatic rings. The number of nitrogens with zero attached hydrogens (tertiary/aromatic N) is 2. The first-order valence-electron chi connectivity index (χ1n) is 6.58. The number of para-hydroxylation sites is 1. The largest absolute Gasteiger partial charge is 0.311 e. The van der Waals surface area contributed by atoms with E-state index in [-0.39, 0.29) is 11.3 Å². The topological polar surface area (TPSA) is 44.1 Å². The number of carbonyl (C=O) groups is 1. The lowest BCUT2D eigenvalue weighted by atomic mass is 9.72. The zero-order valence-corrected chi connectivity index (χ0v) is 12.0. The van der Waals surface area contributed by atoms with Crippen molar-refractivity contribution in [1.82, 2.24) is 0 Å². The summed E-state index contributed by atoms with van der Waals surface area (Å²) in [6, 6.07) is 10.4. The summed E-state index contributed by atoms with van der Waals surface area (Å²) in [5, 5.41) is 9.26. The Balaban J connectivity index is 2.45. The lowest BCUT2D eigenvalue weighted by Gasteiger charge is -2.31. The monoisotopic (exact) mass is 256 g/mol. The summed E-state index contributed by atoms with van der Waals surface area (Å²) >= 11 is 0. The van der Waals surface area contributed by atoms with Crippen LogP contribution in [0.1, 0.15) is 39.7 Å². The maximum absolute atomic E-state index is 11.8. The standard InChI is InChI=1S/C16H20N2O/c1-12(19)18-11-16(4,9-15(2,3)10-17)13-7-5-6-8-14(13)18/h5-8H,9,11H2,1-4H3. The third-order valence-corrected chi connectivity index (χ3v) is 3.87. The highest BCUT2D eigenvalue weighted by Gasteiger charge is 2.43. The van der Waals surface area contributed by atoms with Crippen LogP contribution in [-0.2, 0) is 10.2 Å². The van der Waals surface area contributed by atoms with Crippen LogP contribution >= 0.6 is 0 Å². The molecule has 0 radical (unpaired) electrons. The molecule has 1 aliphatic heterocycles. The van der Waals surface area contributed by atoms with Crippen molar-refractivity contribution in [1.29, 1.82) is 5.26 Å². The van der Waals surface area contributed by atoms with Gasteiger partial charge >= 0.3 is 0 Å². The van der Waals surface area contributed by atoms with Gasteiger partial charge in [-0.3, -0.25) is 4.79 Å². The molecule has 3 nitrogen and oxygen atoms in total. The van der Waals surface area contributed by atoms with E-state index in [1.54, 1.807) is 6.92 Å². The van der Waals surface area contributed by atoms with E-state index in [9.17, 15) is 10.1 Å². The van der Waals surface area contributed by atoms with Crippen molar-refractivity contribution in [2.45, 2.75) is 39.5 Å². The second-order valence-electron chi connectivity index (χ2n) is 6.36. The van der Waals surface area contributed by atoms with Crippen LogP contribution in [0.2, 0.25) is 0 Å². The summed E-state index contributed by atoms with van der Waals surface area (Å²) in [4.78, 5) is 13.6. The summed E-state index contributed by atoms with van der Waals surface area (Å²) < 4.78 is 0. The van der Waals surface area contributed by atoms with Crippen molar-refractivity contribution in [3.8, 4) is 6.07 Å². The highest BCUT2D eigenvalue weighted by atomic mass is 16.2. The minimum absolute atomic E-state index is 0.0611. The molecule has 1 heterocycles. The number of carbonyl (C=O) groups excluding carboxylic acids is 1. The van der Waals surface area contributed by atoms with Gasteiger partial charge in [0, 0.05) is 24.6 Å². The number of amides is 1. The quantitative estimate of drug-likeness (QED) is 0.815. The third-order valence-electron chi connectivity index (χ3n) is 3.87. The SMILES string of the molecule is CC(=O)N1CC(C)(CC(C)(C)C#N)c2ccccc21. The third kappa shape index (κ3) is 2.35. The normalized spacial score (nSPS) is 21.9. The van der Waals surface area contributed by atoms with E-state index in [0.29, 0.717) is 6.54 Å². The van der Waals surface area contributed by atoms with Gasteiger partial charge < -0.3 is 4.90 Å². The van der Waals surface area contributed by atoms with E-state index in [2.05, 4.69) is 19.1 Å². The van der Waals surface area contributed by atoms with Crippen LogP contribution in [0, 0.1) is 16.7 Å². The molecular formula is C16H20N2O. The van der Waals surface area contributed by atoms with Crippen molar-refractivity contribution in [3.63, 3.8) is 0 Å². The van der Waals surface area contributed by atoms with Gasteiger partial charge in [-0.2, -0.15) is 5.26 Å². The van der Waals surface area contributed by atoms with Crippen molar-refractivity contribution in [2.75, 3.05) is 11.4 Å². The van der Waals surface area contributed by atoms with Gasteiger partial charge in [0.1, 0.15) is 0 Å². The highest BCUT2D eigenvalue weighted by Crippen LogP contribution is 2.46. The van der Waals surface area contributed by atoms with E-state index in [0.717, 1.165) is 12.1 Å². The number of hydrogen-bond donors (Lipinski definition) is 0. The molecule has 1 aromatic carbocycles. The van der Waals surface area contributed by atoms with Gasteiger partial charge in [0.05, 0.1) is 11.5 Å². The average Bonchev–Trinajstić information content (AvgIpc) is 2.63. The fraction of sp³-hybridized carbons (Fsp3) is 0.500. The minimum Gasteiger partial charge on any atom is -0.311 e. The second-order valence-corrected chi connectivity index (χ2v) is 6.36. The number of fused-ring (bicyclic) bond motifs is 1. The Kier molecular flexibility index (Phi) is 3.14. The fourth-order valence-electron chi connectivity index (χ4n) is 3.19. The fourth-order valence-corrected chi connectivity index (χ4v) is 3.19. The average molecular weight is 256 g/mol. The van der Waals surface area contributed by atoms with Crippen molar-refractivity contribution in [3.05, 3.63) is 29.8 Å². The predicted molar refractivity (Wildman–Crippen MR) is 75.8 cm³/mol. The first kappa shape index (κ1) is 13.6. The summed E-state index contributed by atoms with van der Waals surface area (Å²) in [5.41, 5.74) is 1.62. The van der Waals surface area contributed by atoms with Gasteiger partial charge in [0.2, 0.25) is 5.91 Å². The number of nitriles is 1. The molecule has 19 heavy (non-hydrogen) atoms. The molecule has 100 valence electrons. The van der Waals surface area contributed by atoms with E-state index in [1.807, 2.05) is 36.9 Å². The summed E-state index contributed by atoms with van der Waals surface area (Å²) in [6.45, 7) is 8.31. The maximum atomic E-state index is 11.8. The maximum Gasteiger partial charge on any atom is 0.223 e. The van der Waals surface area contributed by atoms with Gasteiger partial charge in [-0.05, 0) is 31.9 Å². The Morgan fingerprint density at radius 1 is 1.47 bits per heavy atom. The van der Waals surface area contributed by atoms with Crippen LogP contribution in [0.5, 0.6) is 0 Å². The molecule has 1 unspecified atom stereocenters. The van der Waals surface area contributed by atoms with Gasteiger partial charge in [0.25, 0.3) is 0 Å². The van der Waals surface area contributed by atoms with Crippen LogP contribution < -0.4 is 4.90 Å². The van der Waals surface area contributed by atoms with Crippen molar-refractivity contribution < 1.29 is 4.79 Å². The number of rotatable bonds is 2. The zero-order chi connectivity index (χ0) is 14.3. The van der Waals surface area contributed by atoms with Crippen LogP contribution in [0.15, 0.2) is 24.3 Å². The van der Waals surface area contributed by atoms with Gasteiger partial charge in [-0.25, -0.2) is 0 Å². The minimum atomic E-state index is -0.394. The van der Waals surface area contributed by atoms with E-state index in [4.69, 9.17) is 0 Å². The molecule has 0 saturated carbocycles. The molecule has 0 fully saturated rings. The molecule has 1 amide bonds. The van der Waals surface area contributed by atoms with E-state index >= 15 is 0 Å². The molecule has 0 N–H and O–H groups in total. The van der Waals surface area contributed by atoms with Gasteiger partial charge in [-0.15, -0.1) is 0 Å². The Bertz CT molecular complexity index is 556. The summed E-state index contributed by atoms with van der Waals surface area (Å²) in [7, 11) is 0. The molecule has 3 heteroatoms. The molecule has 0 spiro atoms. The molecule has 1 atom stereocenters. The number of benzene rings is 1. The molecule has 0 aromatic heterocycles.